The van der Waals surface area contributed by atoms with Gasteiger partial charge in [0, 0.05) is 23.4 Å². The van der Waals surface area contributed by atoms with Crippen LogP contribution in [0.25, 0.3) is 0 Å². The minimum absolute atomic E-state index is 0.192. The minimum Gasteiger partial charge on any atom is -0.311 e. The fourth-order valence-electron chi connectivity index (χ4n) is 4.59. The molecule has 3 aromatic carbocycles. The Hall–Kier alpha value is -3.12. The highest BCUT2D eigenvalue weighted by Crippen LogP contribution is 2.54. The molecule has 2 aliphatic heterocycles. The molecule has 2 aliphatic rings. The topological polar surface area (TPSA) is 40.6 Å². The highest BCUT2D eigenvalue weighted by Gasteiger charge is 2.59. The Bertz CT molecular complexity index is 1230. The van der Waals surface area contributed by atoms with Crippen LogP contribution < -0.4 is 4.90 Å². The van der Waals surface area contributed by atoms with E-state index in [2.05, 4.69) is 0 Å². The molecule has 3 aromatic rings. The smallest absolute Gasteiger partial charge is 0.268 e. The molecule has 0 radical (unpaired) electrons. The molecule has 2 heterocycles. The zero-order valence-corrected chi connectivity index (χ0v) is 18.8. The maximum Gasteiger partial charge on any atom is 0.268 e. The third-order valence-electron chi connectivity index (χ3n) is 6.12. The van der Waals surface area contributed by atoms with Crippen molar-refractivity contribution in [2.24, 2.45) is 0 Å². The van der Waals surface area contributed by atoms with Crippen LogP contribution in [0.1, 0.15) is 32.6 Å². The van der Waals surface area contributed by atoms with Gasteiger partial charge in [0.2, 0.25) is 0 Å². The maximum absolute atomic E-state index is 14.4. The summed E-state index contributed by atoms with van der Waals surface area (Å²) in [5.74, 6) is -0.209. The van der Waals surface area contributed by atoms with Crippen LogP contribution in [0.3, 0.4) is 0 Å². The van der Waals surface area contributed by atoms with Crippen LogP contribution in [0.2, 0.25) is 0 Å². The molecular formula is C26H23FN2O2S. The van der Waals surface area contributed by atoms with Gasteiger partial charge in [0.25, 0.3) is 11.8 Å². The largest absolute Gasteiger partial charge is 0.311 e. The predicted molar refractivity (Wildman–Crippen MR) is 125 cm³/mol. The van der Waals surface area contributed by atoms with E-state index >= 15 is 0 Å². The molecule has 0 saturated carbocycles. The fraction of sp³-hybridized carbons (Fsp3) is 0.231. The highest BCUT2D eigenvalue weighted by atomic mass is 32.2. The number of thioether (sulfide) groups is 1. The van der Waals surface area contributed by atoms with Crippen molar-refractivity contribution in [3.05, 3.63) is 100 Å². The van der Waals surface area contributed by atoms with Crippen molar-refractivity contribution in [1.29, 1.82) is 0 Å². The highest BCUT2D eigenvalue weighted by molar-refractivity contribution is 8.01. The standard InChI is InChI=1S/C26H23FN2O2S/c1-17-6-8-20(9-7-17)24(30)29-12-13-32-26(29)22-15-21(27)10-11-23(22)28(25(26)31)16-19-5-3-4-18(2)14-19/h3-11,14-15H,12-13,16H2,1-2H3/t26-/m0/s1. The van der Waals surface area contributed by atoms with Crippen molar-refractivity contribution in [3.63, 3.8) is 0 Å². The third-order valence-corrected chi connectivity index (χ3v) is 7.54. The molecule has 1 spiro atoms. The summed E-state index contributed by atoms with van der Waals surface area (Å²) in [4.78, 5) is 29.6. The van der Waals surface area contributed by atoms with E-state index in [4.69, 9.17) is 0 Å². The molecule has 0 bridgehead atoms. The van der Waals surface area contributed by atoms with Gasteiger partial charge in [0.1, 0.15) is 5.82 Å². The summed E-state index contributed by atoms with van der Waals surface area (Å²) < 4.78 is 14.4. The summed E-state index contributed by atoms with van der Waals surface area (Å²) in [5.41, 5.74) is 4.90. The number of hydrogen-bond acceptors (Lipinski definition) is 3. The Balaban J connectivity index is 1.59. The van der Waals surface area contributed by atoms with Crippen LogP contribution in [0.4, 0.5) is 10.1 Å². The van der Waals surface area contributed by atoms with Gasteiger partial charge in [-0.2, -0.15) is 0 Å². The average molecular weight is 447 g/mol. The van der Waals surface area contributed by atoms with E-state index in [0.29, 0.717) is 35.7 Å². The quantitative estimate of drug-likeness (QED) is 0.567. The number of hydrogen-bond donors (Lipinski definition) is 0. The van der Waals surface area contributed by atoms with Gasteiger partial charge in [0.05, 0.1) is 12.2 Å². The van der Waals surface area contributed by atoms with E-state index in [0.717, 1.165) is 16.7 Å². The molecule has 1 fully saturated rings. The van der Waals surface area contributed by atoms with Crippen molar-refractivity contribution in [1.82, 2.24) is 4.90 Å². The molecule has 0 aliphatic carbocycles. The number of fused-ring (bicyclic) bond motifs is 2. The van der Waals surface area contributed by atoms with Crippen molar-refractivity contribution in [3.8, 4) is 0 Å². The normalized spacial score (nSPS) is 19.7. The van der Waals surface area contributed by atoms with E-state index in [9.17, 15) is 14.0 Å². The molecule has 0 N–H and O–H groups in total. The number of benzene rings is 3. The Morgan fingerprint density at radius 3 is 2.56 bits per heavy atom. The van der Waals surface area contributed by atoms with E-state index in [1.165, 1.54) is 23.9 Å². The summed E-state index contributed by atoms with van der Waals surface area (Å²) in [6.45, 7) is 4.77. The lowest BCUT2D eigenvalue weighted by Gasteiger charge is -2.33. The molecule has 0 aromatic heterocycles. The zero-order chi connectivity index (χ0) is 22.5. The maximum atomic E-state index is 14.4. The Morgan fingerprint density at radius 1 is 1.03 bits per heavy atom. The van der Waals surface area contributed by atoms with Gasteiger partial charge < -0.3 is 9.80 Å². The van der Waals surface area contributed by atoms with E-state index in [1.807, 2.05) is 50.2 Å². The van der Waals surface area contributed by atoms with Gasteiger partial charge in [-0.05, 0) is 49.7 Å². The monoisotopic (exact) mass is 446 g/mol. The van der Waals surface area contributed by atoms with Crippen molar-refractivity contribution >= 4 is 29.3 Å². The number of halogens is 1. The zero-order valence-electron chi connectivity index (χ0n) is 18.0. The fourth-order valence-corrected chi connectivity index (χ4v) is 6.04. The summed E-state index contributed by atoms with van der Waals surface area (Å²) in [7, 11) is 0. The Morgan fingerprint density at radius 2 is 1.81 bits per heavy atom. The number of carbonyl (C=O) groups is 2. The molecule has 162 valence electrons. The van der Waals surface area contributed by atoms with Gasteiger partial charge in [-0.15, -0.1) is 11.8 Å². The second kappa shape index (κ2) is 7.78. The molecule has 1 saturated heterocycles. The third kappa shape index (κ3) is 3.21. The van der Waals surface area contributed by atoms with Crippen LogP contribution >= 0.6 is 11.8 Å². The lowest BCUT2D eigenvalue weighted by atomic mass is 10.0. The van der Waals surface area contributed by atoms with Crippen LogP contribution in [0, 0.1) is 19.7 Å². The van der Waals surface area contributed by atoms with E-state index in [-0.39, 0.29) is 11.8 Å². The second-order valence-electron chi connectivity index (χ2n) is 8.36. The second-order valence-corrected chi connectivity index (χ2v) is 9.64. The number of carbonyl (C=O) groups excluding carboxylic acids is 2. The minimum atomic E-state index is -1.25. The Labute approximate surface area is 191 Å². The molecule has 4 nitrogen and oxygen atoms in total. The molecule has 0 unspecified atom stereocenters. The molecule has 32 heavy (non-hydrogen) atoms. The lowest BCUT2D eigenvalue weighted by Crippen LogP contribution is -2.50. The van der Waals surface area contributed by atoms with Crippen LogP contribution in [0.15, 0.2) is 66.7 Å². The summed E-state index contributed by atoms with van der Waals surface area (Å²) in [6, 6.07) is 19.8. The van der Waals surface area contributed by atoms with Gasteiger partial charge in [-0.1, -0.05) is 47.5 Å². The van der Waals surface area contributed by atoms with Crippen LogP contribution in [-0.2, 0) is 16.2 Å². The van der Waals surface area contributed by atoms with Crippen LogP contribution in [0.5, 0.6) is 0 Å². The van der Waals surface area contributed by atoms with Crippen LogP contribution in [-0.4, -0.2) is 29.0 Å². The first-order valence-corrected chi connectivity index (χ1v) is 11.6. The van der Waals surface area contributed by atoms with Gasteiger partial charge in [-0.3, -0.25) is 9.59 Å². The van der Waals surface area contributed by atoms with Crippen molar-refractivity contribution < 1.29 is 14.0 Å². The molecule has 5 rings (SSSR count). The first kappa shape index (κ1) is 20.8. The van der Waals surface area contributed by atoms with E-state index in [1.54, 1.807) is 28.0 Å². The van der Waals surface area contributed by atoms with Crippen molar-refractivity contribution in [2.45, 2.75) is 25.3 Å². The first-order valence-electron chi connectivity index (χ1n) is 10.6. The van der Waals surface area contributed by atoms with Gasteiger partial charge in [0.15, 0.2) is 4.87 Å². The molecular weight excluding hydrogens is 423 g/mol. The number of rotatable bonds is 3. The van der Waals surface area contributed by atoms with Gasteiger partial charge in [-0.25, -0.2) is 4.39 Å². The molecule has 6 heteroatoms. The number of amides is 2. The predicted octanol–water partition coefficient (Wildman–Crippen LogP) is 5.03. The summed E-state index contributed by atoms with van der Waals surface area (Å²) in [5, 5.41) is 0. The SMILES string of the molecule is Cc1ccc(C(=O)N2CCS[C@@]23C(=O)N(Cc2cccc(C)c2)c2ccc(F)cc23)cc1. The lowest BCUT2D eigenvalue weighted by molar-refractivity contribution is -0.123. The molecule has 1 atom stereocenters. The molecule has 2 amide bonds. The van der Waals surface area contributed by atoms with Gasteiger partial charge >= 0.3 is 0 Å². The first-order chi connectivity index (χ1) is 15.4. The number of anilines is 1. The summed E-state index contributed by atoms with van der Waals surface area (Å²) >= 11 is 1.41. The number of nitrogens with zero attached hydrogens (tertiary/aromatic N) is 2. The van der Waals surface area contributed by atoms with Crippen molar-refractivity contribution in [2.75, 3.05) is 17.2 Å². The Kier molecular flexibility index (Phi) is 5.05. The van der Waals surface area contributed by atoms with E-state index < -0.39 is 10.7 Å². The summed E-state index contributed by atoms with van der Waals surface area (Å²) in [6.07, 6.45) is 0. The average Bonchev–Trinajstić information content (AvgIpc) is 3.31. The number of aryl methyl sites for hydroxylation is 2.